The second kappa shape index (κ2) is 14.4. The van der Waals surface area contributed by atoms with Gasteiger partial charge in [0.25, 0.3) is 0 Å². The normalized spacial score (nSPS) is 13.8. The van der Waals surface area contributed by atoms with Crippen LogP contribution in [0.15, 0.2) is 71.9 Å². The third kappa shape index (κ3) is 7.43. The van der Waals surface area contributed by atoms with E-state index in [-0.39, 0.29) is 0 Å². The number of anilines is 1. The molecule has 0 unspecified atom stereocenters. The lowest BCUT2D eigenvalue weighted by Crippen LogP contribution is -2.17. The highest BCUT2D eigenvalue weighted by Crippen LogP contribution is 2.43. The molecule has 0 spiro atoms. The van der Waals surface area contributed by atoms with Crippen LogP contribution in [-0.2, 0) is 6.61 Å². The van der Waals surface area contributed by atoms with Crippen molar-refractivity contribution in [2.24, 2.45) is 0 Å². The molecule has 0 radical (unpaired) electrons. The topological polar surface area (TPSA) is 78.4 Å². The lowest BCUT2D eigenvalue weighted by Gasteiger charge is -2.22. The Hall–Kier alpha value is -3.49. The monoisotopic (exact) mass is 590 g/mol. The molecule has 3 aromatic carbocycles. The number of benzene rings is 3. The van der Waals surface area contributed by atoms with Gasteiger partial charge in [0, 0.05) is 22.6 Å². The highest BCUT2D eigenvalue weighted by atomic mass is 35.5. The van der Waals surface area contributed by atoms with Crippen LogP contribution in [0.2, 0.25) is 5.02 Å². The average Bonchev–Trinajstić information content (AvgIpc) is 3.16. The fourth-order valence-corrected chi connectivity index (χ4v) is 5.65. The first-order chi connectivity index (χ1) is 20.2. The molecule has 7 nitrogen and oxygen atoms in total. The molecule has 1 aliphatic heterocycles. The van der Waals surface area contributed by atoms with Crippen LogP contribution < -0.4 is 19.5 Å². The van der Waals surface area contributed by atoms with Crippen molar-refractivity contribution in [1.29, 1.82) is 0 Å². The van der Waals surface area contributed by atoms with Crippen molar-refractivity contribution in [3.8, 4) is 28.6 Å². The van der Waals surface area contributed by atoms with Gasteiger partial charge in [0.2, 0.25) is 11.0 Å². The van der Waals surface area contributed by atoms with Crippen LogP contribution in [0.25, 0.3) is 11.3 Å². The molecule has 2 heterocycles. The summed E-state index contributed by atoms with van der Waals surface area (Å²) in [4.78, 5) is 4.78. The summed E-state index contributed by atoms with van der Waals surface area (Å²) in [5.74, 6) is 2.42. The van der Waals surface area contributed by atoms with E-state index in [1.54, 1.807) is 11.8 Å². The van der Waals surface area contributed by atoms with Gasteiger partial charge in [0.05, 0.1) is 11.6 Å². The van der Waals surface area contributed by atoms with Crippen molar-refractivity contribution in [1.82, 2.24) is 15.2 Å². The van der Waals surface area contributed by atoms with Crippen molar-refractivity contribution in [3.63, 3.8) is 0 Å². The number of hydrogen-bond acceptors (Lipinski definition) is 8. The van der Waals surface area contributed by atoms with Crippen LogP contribution in [0, 0.1) is 0 Å². The number of ether oxygens (including phenoxy) is 3. The number of rotatable bonds is 13. The van der Waals surface area contributed by atoms with Gasteiger partial charge >= 0.3 is 0 Å². The third-order valence-electron chi connectivity index (χ3n) is 6.67. The largest absolute Gasteiger partial charge is 0.490 e. The molecule has 0 bridgehead atoms. The highest BCUT2D eigenvalue weighted by molar-refractivity contribution is 7.99. The summed E-state index contributed by atoms with van der Waals surface area (Å²) in [5, 5.41) is 13.5. The van der Waals surface area contributed by atoms with Gasteiger partial charge in [-0.2, -0.15) is 4.98 Å². The van der Waals surface area contributed by atoms with E-state index < -0.39 is 6.23 Å². The van der Waals surface area contributed by atoms with Crippen LogP contribution in [0.4, 0.5) is 5.69 Å². The average molecular weight is 591 g/mol. The summed E-state index contributed by atoms with van der Waals surface area (Å²) >= 11 is 8.41. The van der Waals surface area contributed by atoms with Crippen molar-refractivity contribution in [3.05, 3.63) is 82.9 Å². The van der Waals surface area contributed by atoms with Crippen LogP contribution >= 0.6 is 23.4 Å². The molecule has 1 N–H and O–H groups in total. The van der Waals surface area contributed by atoms with E-state index in [2.05, 4.69) is 22.4 Å². The number of para-hydroxylation sites is 1. The standard InChI is InChI=1S/C32H35ClN4O3S/c1-3-5-6-7-13-18-41-32-35-31-28(36-37-32)24-16-11-12-17-26(24)34-30(40-31)23-19-25(33)29(27(20-23)38-4-2)39-21-22-14-9-8-10-15-22/h8-12,14-17,19-20,30,34H,3-7,13,18,21H2,1-2H3/t30-/m0/s1. The number of nitrogens with zero attached hydrogens (tertiary/aromatic N) is 3. The van der Waals surface area contributed by atoms with Gasteiger partial charge in [-0.1, -0.05) is 105 Å². The summed E-state index contributed by atoms with van der Waals surface area (Å²) in [6.45, 7) is 4.99. The number of unbranched alkanes of at least 4 members (excludes halogenated alkanes) is 4. The summed E-state index contributed by atoms with van der Waals surface area (Å²) in [7, 11) is 0. The van der Waals surface area contributed by atoms with Crippen molar-refractivity contribution in [2.45, 2.75) is 63.9 Å². The number of fused-ring (bicyclic) bond motifs is 3. The van der Waals surface area contributed by atoms with Crippen molar-refractivity contribution < 1.29 is 14.2 Å². The lowest BCUT2D eigenvalue weighted by molar-refractivity contribution is 0.223. The molecule has 0 fully saturated rings. The Bertz CT molecular complexity index is 1440. The number of halogens is 1. The molecule has 214 valence electrons. The molecule has 4 aromatic rings. The number of aromatic nitrogens is 3. The van der Waals surface area contributed by atoms with Crippen LogP contribution in [0.5, 0.6) is 17.4 Å². The van der Waals surface area contributed by atoms with Crippen molar-refractivity contribution in [2.75, 3.05) is 17.7 Å². The van der Waals surface area contributed by atoms with E-state index in [0.717, 1.165) is 34.6 Å². The molecule has 0 amide bonds. The molecular weight excluding hydrogens is 556 g/mol. The summed E-state index contributed by atoms with van der Waals surface area (Å²) in [6.07, 6.45) is 5.51. The number of thioether (sulfide) groups is 1. The zero-order valence-electron chi connectivity index (χ0n) is 23.4. The van der Waals surface area contributed by atoms with Gasteiger partial charge in [-0.25, -0.2) is 0 Å². The fourth-order valence-electron chi connectivity index (χ4n) is 4.60. The highest BCUT2D eigenvalue weighted by Gasteiger charge is 2.28. The maximum atomic E-state index is 6.80. The number of hydrogen-bond donors (Lipinski definition) is 1. The SMILES string of the molecule is CCCCCCCSc1nnc2c(n1)O[C@@H](c1cc(Cl)c(OCc3ccccc3)c(OCC)c1)Nc1ccccc1-2. The Morgan fingerprint density at radius 2 is 1.73 bits per heavy atom. The van der Waals surface area contributed by atoms with E-state index in [1.807, 2.05) is 73.7 Å². The maximum absolute atomic E-state index is 6.80. The predicted molar refractivity (Wildman–Crippen MR) is 165 cm³/mol. The van der Waals surface area contributed by atoms with E-state index in [9.17, 15) is 0 Å². The predicted octanol–water partition coefficient (Wildman–Crippen LogP) is 8.74. The maximum Gasteiger partial charge on any atom is 0.247 e. The van der Waals surface area contributed by atoms with Crippen molar-refractivity contribution >= 4 is 29.1 Å². The Morgan fingerprint density at radius 3 is 2.56 bits per heavy atom. The molecule has 41 heavy (non-hydrogen) atoms. The summed E-state index contributed by atoms with van der Waals surface area (Å²) in [6, 6.07) is 21.6. The van der Waals surface area contributed by atoms with E-state index >= 15 is 0 Å². The number of nitrogens with one attached hydrogen (secondary N) is 1. The second-order valence-electron chi connectivity index (χ2n) is 9.74. The Kier molecular flexibility index (Phi) is 10.2. The quantitative estimate of drug-likeness (QED) is 0.122. The molecule has 1 atom stereocenters. The molecule has 0 saturated heterocycles. The Balaban J connectivity index is 1.41. The van der Waals surface area contributed by atoms with E-state index in [0.29, 0.717) is 46.5 Å². The van der Waals surface area contributed by atoms with Crippen LogP contribution in [0.1, 0.15) is 63.3 Å². The third-order valence-corrected chi connectivity index (χ3v) is 7.88. The summed E-state index contributed by atoms with van der Waals surface area (Å²) < 4.78 is 18.6. The minimum Gasteiger partial charge on any atom is -0.490 e. The molecule has 5 rings (SSSR count). The first kappa shape index (κ1) is 29.0. The lowest BCUT2D eigenvalue weighted by atomic mass is 10.1. The van der Waals surface area contributed by atoms with E-state index in [1.165, 1.54) is 25.7 Å². The molecule has 9 heteroatoms. The van der Waals surface area contributed by atoms with Gasteiger partial charge in [0.15, 0.2) is 23.4 Å². The Morgan fingerprint density at radius 1 is 0.927 bits per heavy atom. The van der Waals surface area contributed by atoms with Gasteiger partial charge in [-0.3, -0.25) is 0 Å². The van der Waals surface area contributed by atoms with Gasteiger partial charge in [-0.05, 0) is 37.1 Å². The Labute approximate surface area is 251 Å². The minimum absolute atomic E-state index is 0.376. The molecule has 0 saturated carbocycles. The van der Waals surface area contributed by atoms with Crippen LogP contribution in [0.3, 0.4) is 0 Å². The smallest absolute Gasteiger partial charge is 0.247 e. The first-order valence-electron chi connectivity index (χ1n) is 14.2. The fraction of sp³-hybridized carbons (Fsp3) is 0.344. The zero-order valence-corrected chi connectivity index (χ0v) is 25.0. The molecule has 1 aliphatic rings. The molecule has 0 aliphatic carbocycles. The van der Waals surface area contributed by atoms with Crippen LogP contribution in [-0.4, -0.2) is 27.5 Å². The second-order valence-corrected chi connectivity index (χ2v) is 11.2. The molecular formula is C32H35ClN4O3S. The van der Waals surface area contributed by atoms with Gasteiger partial charge in [0.1, 0.15) is 6.61 Å². The molecule has 1 aromatic heterocycles. The van der Waals surface area contributed by atoms with E-state index in [4.69, 9.17) is 30.8 Å². The van der Waals surface area contributed by atoms with Gasteiger partial charge < -0.3 is 19.5 Å². The first-order valence-corrected chi connectivity index (χ1v) is 15.6. The minimum atomic E-state index is -0.596. The van der Waals surface area contributed by atoms with Gasteiger partial charge in [-0.15, -0.1) is 10.2 Å². The zero-order chi connectivity index (χ0) is 28.4. The summed E-state index contributed by atoms with van der Waals surface area (Å²) in [5.41, 5.74) is 4.15.